The molecule has 3 N–H and O–H groups in total. The molecule has 2 aromatic rings. The van der Waals surface area contributed by atoms with Crippen molar-refractivity contribution in [3.8, 4) is 17.0 Å². The number of hydrogen-bond donors (Lipinski definition) is 3. The lowest BCUT2D eigenvalue weighted by atomic mass is 10.0. The van der Waals surface area contributed by atoms with Crippen molar-refractivity contribution in [1.82, 2.24) is 20.2 Å². The van der Waals surface area contributed by atoms with Crippen LogP contribution in [0.2, 0.25) is 0 Å². The van der Waals surface area contributed by atoms with E-state index in [4.69, 9.17) is 4.74 Å². The molecule has 0 unspecified atom stereocenters. The number of likely N-dealkylation sites (tertiary alicyclic amines) is 1. The lowest BCUT2D eigenvalue weighted by molar-refractivity contribution is -0.127. The predicted molar refractivity (Wildman–Crippen MR) is 122 cm³/mol. The van der Waals surface area contributed by atoms with Crippen LogP contribution < -0.4 is 20.9 Å². The number of hydrogen-bond acceptors (Lipinski definition) is 6. The van der Waals surface area contributed by atoms with E-state index < -0.39 is 0 Å². The third-order valence-electron chi connectivity index (χ3n) is 5.18. The number of rotatable bonds is 8. The van der Waals surface area contributed by atoms with Crippen molar-refractivity contribution in [2.45, 2.75) is 38.8 Å². The second-order valence-electron chi connectivity index (χ2n) is 7.95. The molecule has 0 aromatic carbocycles. The highest BCUT2D eigenvalue weighted by Gasteiger charge is 2.23. The average molecular weight is 426 g/mol. The van der Waals surface area contributed by atoms with Gasteiger partial charge in [0.05, 0.1) is 7.11 Å². The minimum absolute atomic E-state index is 0.00333. The van der Waals surface area contributed by atoms with Gasteiger partial charge in [-0.1, -0.05) is 19.9 Å². The Morgan fingerprint density at radius 3 is 3.00 bits per heavy atom. The van der Waals surface area contributed by atoms with Crippen molar-refractivity contribution in [3.05, 3.63) is 53.1 Å². The summed E-state index contributed by atoms with van der Waals surface area (Å²) in [6, 6.07) is 5.90. The van der Waals surface area contributed by atoms with Gasteiger partial charge in [-0.2, -0.15) is 0 Å². The minimum Gasteiger partial charge on any atom is -0.481 e. The molecule has 1 atom stereocenters. The molecule has 0 radical (unpaired) electrons. The number of pyridine rings is 2. The quantitative estimate of drug-likeness (QED) is 0.562. The molecule has 8 heteroatoms. The van der Waals surface area contributed by atoms with Crippen LogP contribution in [-0.2, 0) is 4.79 Å². The molecular formula is C23H31N5O3. The minimum atomic E-state index is -0.187. The third kappa shape index (κ3) is 6.42. The van der Waals surface area contributed by atoms with Gasteiger partial charge in [-0.05, 0) is 30.5 Å². The number of methoxy groups -OCH3 is 1. The second-order valence-corrected chi connectivity index (χ2v) is 7.95. The highest BCUT2D eigenvalue weighted by atomic mass is 16.5. The smallest absolute Gasteiger partial charge is 0.271 e. The van der Waals surface area contributed by atoms with Gasteiger partial charge in [0.2, 0.25) is 11.8 Å². The van der Waals surface area contributed by atoms with Gasteiger partial charge < -0.3 is 25.3 Å². The molecule has 1 aliphatic heterocycles. The van der Waals surface area contributed by atoms with Gasteiger partial charge >= 0.3 is 0 Å². The molecule has 166 valence electrons. The van der Waals surface area contributed by atoms with E-state index >= 15 is 0 Å². The van der Waals surface area contributed by atoms with E-state index in [1.54, 1.807) is 25.6 Å². The molecule has 31 heavy (non-hydrogen) atoms. The zero-order valence-corrected chi connectivity index (χ0v) is 18.4. The van der Waals surface area contributed by atoms with Gasteiger partial charge in [0, 0.05) is 61.8 Å². The van der Waals surface area contributed by atoms with Crippen LogP contribution >= 0.6 is 0 Å². The predicted octanol–water partition coefficient (Wildman–Crippen LogP) is 2.40. The van der Waals surface area contributed by atoms with Gasteiger partial charge in [0.25, 0.3) is 5.56 Å². The van der Waals surface area contributed by atoms with Crippen LogP contribution in [0.25, 0.3) is 11.1 Å². The van der Waals surface area contributed by atoms with Crippen molar-refractivity contribution < 1.29 is 9.53 Å². The lowest BCUT2D eigenvalue weighted by Crippen LogP contribution is -2.45. The number of aromatic nitrogens is 2. The van der Waals surface area contributed by atoms with E-state index in [1.807, 2.05) is 29.2 Å². The van der Waals surface area contributed by atoms with Crippen LogP contribution in [0.4, 0.5) is 5.69 Å². The molecule has 1 amide bonds. The maximum atomic E-state index is 12.5. The Hall–Kier alpha value is -3.13. The first-order chi connectivity index (χ1) is 15.0. The number of aromatic amines is 1. The van der Waals surface area contributed by atoms with Gasteiger partial charge in [-0.25, -0.2) is 4.98 Å². The maximum Gasteiger partial charge on any atom is 0.271 e. The molecule has 3 rings (SSSR count). The number of H-pyrrole nitrogens is 1. The van der Waals surface area contributed by atoms with Crippen LogP contribution in [0.3, 0.4) is 0 Å². The summed E-state index contributed by atoms with van der Waals surface area (Å²) in [5.74, 6) is 0.514. The van der Waals surface area contributed by atoms with Crippen molar-refractivity contribution in [1.29, 1.82) is 0 Å². The summed E-state index contributed by atoms with van der Waals surface area (Å²) >= 11 is 0. The first-order valence-electron chi connectivity index (χ1n) is 10.6. The summed E-state index contributed by atoms with van der Waals surface area (Å²) in [6.45, 7) is 6.09. The number of carbonyl (C=O) groups is 1. The number of nitrogens with one attached hydrogen (secondary N) is 3. The summed E-state index contributed by atoms with van der Waals surface area (Å²) in [5, 5.41) is 6.59. The number of ether oxygens (including phenoxy) is 1. The van der Waals surface area contributed by atoms with E-state index in [-0.39, 0.29) is 17.5 Å². The molecular weight excluding hydrogens is 394 g/mol. The van der Waals surface area contributed by atoms with Crippen LogP contribution in [0.1, 0.15) is 26.7 Å². The number of amides is 1. The van der Waals surface area contributed by atoms with Crippen LogP contribution in [-0.4, -0.2) is 59.6 Å². The monoisotopic (exact) mass is 425 g/mol. The van der Waals surface area contributed by atoms with E-state index in [0.29, 0.717) is 30.7 Å². The van der Waals surface area contributed by atoms with Crippen LogP contribution in [0, 0.1) is 0 Å². The van der Waals surface area contributed by atoms with Crippen molar-refractivity contribution >= 4 is 11.6 Å². The highest BCUT2D eigenvalue weighted by molar-refractivity contribution is 5.87. The van der Waals surface area contributed by atoms with Crippen molar-refractivity contribution in [3.63, 3.8) is 0 Å². The summed E-state index contributed by atoms with van der Waals surface area (Å²) in [5.41, 5.74) is 2.05. The lowest BCUT2D eigenvalue weighted by Gasteiger charge is -2.33. The molecule has 8 nitrogen and oxygen atoms in total. The van der Waals surface area contributed by atoms with E-state index in [0.717, 1.165) is 30.5 Å². The zero-order chi connectivity index (χ0) is 22.2. The first-order valence-corrected chi connectivity index (χ1v) is 10.6. The number of nitrogens with zero attached hydrogens (tertiary/aromatic N) is 2. The second kappa shape index (κ2) is 10.8. The summed E-state index contributed by atoms with van der Waals surface area (Å²) < 4.78 is 5.19. The Labute approximate surface area is 182 Å². The van der Waals surface area contributed by atoms with E-state index in [9.17, 15) is 9.59 Å². The molecule has 1 saturated heterocycles. The fourth-order valence-corrected chi connectivity index (χ4v) is 3.54. The Morgan fingerprint density at radius 2 is 2.23 bits per heavy atom. The normalized spacial score (nSPS) is 16.6. The van der Waals surface area contributed by atoms with Gasteiger partial charge in [0.1, 0.15) is 5.69 Å². The molecule has 0 spiro atoms. The van der Waals surface area contributed by atoms with Crippen LogP contribution in [0.5, 0.6) is 5.88 Å². The largest absolute Gasteiger partial charge is 0.481 e. The summed E-state index contributed by atoms with van der Waals surface area (Å²) in [4.78, 5) is 33.6. The Bertz CT molecular complexity index is 970. The standard InChI is InChI=1S/C23H31N5O3/c1-16(2)24-9-4-7-22(29)28-11-5-6-19(15-28)27-20-12-18(14-26-23(20)30)17-8-10-25-21(13-17)31-3/h4,7-8,10,12-14,16,19,24,27H,5-6,9,11,15H2,1-3H3,(H,26,30)/b7-4+/t19-/m0/s1. The highest BCUT2D eigenvalue weighted by Crippen LogP contribution is 2.23. The van der Waals surface area contributed by atoms with E-state index in [1.165, 1.54) is 0 Å². The van der Waals surface area contributed by atoms with Crippen molar-refractivity contribution in [2.24, 2.45) is 0 Å². The average Bonchev–Trinajstić information content (AvgIpc) is 2.78. The first kappa shape index (κ1) is 22.6. The number of carbonyl (C=O) groups excluding carboxylic acids is 1. The molecule has 1 fully saturated rings. The molecule has 0 aliphatic carbocycles. The molecule has 1 aliphatic rings. The van der Waals surface area contributed by atoms with E-state index in [2.05, 4.69) is 34.4 Å². The molecule has 3 heterocycles. The molecule has 0 bridgehead atoms. The fraction of sp³-hybridized carbons (Fsp3) is 0.435. The number of anilines is 1. The Balaban J connectivity index is 1.66. The van der Waals surface area contributed by atoms with Gasteiger partial charge in [0.15, 0.2) is 0 Å². The number of piperidine rings is 1. The van der Waals surface area contributed by atoms with Gasteiger partial charge in [-0.15, -0.1) is 0 Å². The van der Waals surface area contributed by atoms with Crippen molar-refractivity contribution in [2.75, 3.05) is 32.1 Å². The Morgan fingerprint density at radius 1 is 1.39 bits per heavy atom. The topological polar surface area (TPSA) is 99.4 Å². The zero-order valence-electron chi connectivity index (χ0n) is 18.4. The fourth-order valence-electron chi connectivity index (χ4n) is 3.54. The third-order valence-corrected chi connectivity index (χ3v) is 5.18. The summed E-state index contributed by atoms with van der Waals surface area (Å²) in [6.07, 6.45) is 8.62. The SMILES string of the molecule is COc1cc(-c2c[nH]c(=O)c(N[C@H]3CCCN(C(=O)/C=C/CNC(C)C)C3)c2)ccn1. The molecule has 0 saturated carbocycles. The Kier molecular flexibility index (Phi) is 7.83. The van der Waals surface area contributed by atoms with Gasteiger partial charge in [-0.3, -0.25) is 9.59 Å². The molecule has 2 aromatic heterocycles. The van der Waals surface area contributed by atoms with Crippen LogP contribution in [0.15, 0.2) is 47.5 Å². The summed E-state index contributed by atoms with van der Waals surface area (Å²) in [7, 11) is 1.57. The maximum absolute atomic E-state index is 12.5.